The lowest BCUT2D eigenvalue weighted by Gasteiger charge is -2.36. The lowest BCUT2D eigenvalue weighted by molar-refractivity contribution is 0.0745. The topological polar surface area (TPSA) is 79.0 Å². The fourth-order valence-electron chi connectivity index (χ4n) is 3.63. The number of piperazine rings is 1. The van der Waals surface area contributed by atoms with E-state index < -0.39 is 10.0 Å². The van der Waals surface area contributed by atoms with Gasteiger partial charge in [-0.1, -0.05) is 12.1 Å². The number of carbonyl (C=O) groups excluding carboxylic acids is 1. The summed E-state index contributed by atoms with van der Waals surface area (Å²) in [6.45, 7) is 4.41. The Labute approximate surface area is 177 Å². The number of hydrogen-bond acceptors (Lipinski definition) is 5. The molecule has 30 heavy (non-hydrogen) atoms. The molecule has 160 valence electrons. The first-order valence-electron chi connectivity index (χ1n) is 10.2. The van der Waals surface area contributed by atoms with Crippen LogP contribution in [0.1, 0.15) is 28.8 Å². The van der Waals surface area contributed by atoms with Gasteiger partial charge >= 0.3 is 0 Å². The third-order valence-corrected chi connectivity index (χ3v) is 7.15. The molecule has 2 aromatic rings. The van der Waals surface area contributed by atoms with E-state index in [2.05, 4.69) is 9.62 Å². The number of benzene rings is 2. The molecule has 1 saturated carbocycles. The molecule has 0 atom stereocenters. The van der Waals surface area contributed by atoms with E-state index >= 15 is 0 Å². The van der Waals surface area contributed by atoms with Crippen molar-refractivity contribution in [3.05, 3.63) is 53.6 Å². The molecule has 7 nitrogen and oxygen atoms in total. The number of aryl methyl sites for hydroxylation is 1. The monoisotopic (exact) mass is 429 g/mol. The van der Waals surface area contributed by atoms with E-state index in [0.29, 0.717) is 31.7 Å². The molecule has 1 aliphatic heterocycles. The third-order valence-electron chi connectivity index (χ3n) is 5.63. The molecule has 0 aromatic heterocycles. The highest BCUT2D eigenvalue weighted by atomic mass is 32.2. The number of amides is 1. The predicted molar refractivity (Wildman–Crippen MR) is 116 cm³/mol. The zero-order chi connectivity index (χ0) is 21.3. The standard InChI is InChI=1S/C22H27N3O4S/c1-16-6-9-20(30(27,28)23-17-7-8-17)15-21(16)22(26)25-12-10-24(11-13-25)18-4-3-5-19(14-18)29-2/h3-6,9,14-15,17,23H,7-8,10-13H2,1-2H3. The molecule has 1 amide bonds. The minimum absolute atomic E-state index is 0.0279. The van der Waals surface area contributed by atoms with Crippen LogP contribution in [0.5, 0.6) is 5.75 Å². The van der Waals surface area contributed by atoms with Crippen LogP contribution in [0.25, 0.3) is 0 Å². The highest BCUT2D eigenvalue weighted by Gasteiger charge is 2.29. The number of nitrogens with zero attached hydrogens (tertiary/aromatic N) is 2. The Kier molecular flexibility index (Phi) is 5.71. The van der Waals surface area contributed by atoms with Crippen LogP contribution in [0.3, 0.4) is 0 Å². The number of carbonyl (C=O) groups is 1. The van der Waals surface area contributed by atoms with Gasteiger partial charge in [0.25, 0.3) is 5.91 Å². The molecule has 1 aliphatic carbocycles. The first-order valence-corrected chi connectivity index (χ1v) is 11.7. The Hall–Kier alpha value is -2.58. The van der Waals surface area contributed by atoms with Crippen molar-refractivity contribution in [2.45, 2.75) is 30.7 Å². The van der Waals surface area contributed by atoms with Gasteiger partial charge in [-0.3, -0.25) is 4.79 Å². The lowest BCUT2D eigenvalue weighted by atomic mass is 10.1. The van der Waals surface area contributed by atoms with Crippen molar-refractivity contribution < 1.29 is 17.9 Å². The maximum atomic E-state index is 13.2. The van der Waals surface area contributed by atoms with Crippen LogP contribution in [-0.2, 0) is 10.0 Å². The SMILES string of the molecule is COc1cccc(N2CCN(C(=O)c3cc(S(=O)(=O)NC4CC4)ccc3C)CC2)c1. The molecular formula is C22H27N3O4S. The Balaban J connectivity index is 1.46. The molecule has 0 bridgehead atoms. The third kappa shape index (κ3) is 4.44. The fourth-order valence-corrected chi connectivity index (χ4v) is 4.96. The summed E-state index contributed by atoms with van der Waals surface area (Å²) in [5, 5.41) is 0. The van der Waals surface area contributed by atoms with Gasteiger partial charge in [-0.05, 0) is 49.6 Å². The largest absolute Gasteiger partial charge is 0.497 e. The number of rotatable bonds is 6. The van der Waals surface area contributed by atoms with E-state index in [1.54, 1.807) is 24.1 Å². The van der Waals surface area contributed by atoms with Gasteiger partial charge in [0, 0.05) is 49.5 Å². The van der Waals surface area contributed by atoms with Crippen molar-refractivity contribution in [3.63, 3.8) is 0 Å². The molecule has 2 aliphatic rings. The number of methoxy groups -OCH3 is 1. The van der Waals surface area contributed by atoms with Crippen LogP contribution in [-0.4, -0.2) is 58.6 Å². The van der Waals surface area contributed by atoms with E-state index in [0.717, 1.165) is 29.8 Å². The van der Waals surface area contributed by atoms with Crippen LogP contribution in [0.4, 0.5) is 5.69 Å². The van der Waals surface area contributed by atoms with Gasteiger partial charge in [0.1, 0.15) is 5.75 Å². The Bertz CT molecular complexity index is 1040. The maximum absolute atomic E-state index is 13.2. The summed E-state index contributed by atoms with van der Waals surface area (Å²) < 4.78 is 33.1. The highest BCUT2D eigenvalue weighted by Crippen LogP contribution is 2.25. The van der Waals surface area contributed by atoms with Gasteiger partial charge in [-0.15, -0.1) is 0 Å². The summed E-state index contributed by atoms with van der Waals surface area (Å²) in [5.74, 6) is 0.681. The second kappa shape index (κ2) is 8.28. The number of ether oxygens (including phenoxy) is 1. The summed E-state index contributed by atoms with van der Waals surface area (Å²) in [6.07, 6.45) is 1.74. The van der Waals surface area contributed by atoms with Crippen molar-refractivity contribution in [2.75, 3.05) is 38.2 Å². The summed E-state index contributed by atoms with van der Waals surface area (Å²) in [5.41, 5.74) is 2.29. The molecule has 0 unspecified atom stereocenters. The molecule has 1 N–H and O–H groups in total. The number of hydrogen-bond donors (Lipinski definition) is 1. The van der Waals surface area contributed by atoms with Crippen LogP contribution < -0.4 is 14.4 Å². The molecule has 1 saturated heterocycles. The Morgan fingerprint density at radius 1 is 1.07 bits per heavy atom. The summed E-state index contributed by atoms with van der Waals surface area (Å²) >= 11 is 0. The zero-order valence-corrected chi connectivity index (χ0v) is 18.1. The van der Waals surface area contributed by atoms with E-state index in [1.807, 2.05) is 31.2 Å². The lowest BCUT2D eigenvalue weighted by Crippen LogP contribution is -2.49. The Morgan fingerprint density at radius 2 is 1.80 bits per heavy atom. The summed E-state index contributed by atoms with van der Waals surface area (Å²) in [7, 11) is -1.95. The smallest absolute Gasteiger partial charge is 0.254 e. The molecule has 0 spiro atoms. The van der Waals surface area contributed by atoms with Crippen molar-refractivity contribution in [1.82, 2.24) is 9.62 Å². The van der Waals surface area contributed by atoms with E-state index in [9.17, 15) is 13.2 Å². The number of anilines is 1. The molecule has 2 fully saturated rings. The van der Waals surface area contributed by atoms with Crippen LogP contribution in [0.15, 0.2) is 47.4 Å². The number of nitrogens with one attached hydrogen (secondary N) is 1. The highest BCUT2D eigenvalue weighted by molar-refractivity contribution is 7.89. The van der Waals surface area contributed by atoms with Gasteiger partial charge in [0.15, 0.2) is 0 Å². The predicted octanol–water partition coefficient (Wildman–Crippen LogP) is 2.41. The second-order valence-corrected chi connectivity index (χ2v) is 9.57. The molecular weight excluding hydrogens is 402 g/mol. The van der Waals surface area contributed by atoms with E-state index in [4.69, 9.17) is 4.74 Å². The van der Waals surface area contributed by atoms with Crippen molar-refractivity contribution >= 4 is 21.6 Å². The quantitative estimate of drug-likeness (QED) is 0.763. The van der Waals surface area contributed by atoms with Crippen LogP contribution >= 0.6 is 0 Å². The summed E-state index contributed by atoms with van der Waals surface area (Å²) in [6, 6.07) is 12.7. The molecule has 8 heteroatoms. The first kappa shape index (κ1) is 20.7. The van der Waals surface area contributed by atoms with Gasteiger partial charge in [0.2, 0.25) is 10.0 Å². The molecule has 4 rings (SSSR count). The van der Waals surface area contributed by atoms with Crippen molar-refractivity contribution in [2.24, 2.45) is 0 Å². The first-order chi connectivity index (χ1) is 14.4. The van der Waals surface area contributed by atoms with Gasteiger partial charge < -0.3 is 14.5 Å². The average Bonchev–Trinajstić information content (AvgIpc) is 3.57. The van der Waals surface area contributed by atoms with Crippen molar-refractivity contribution in [3.8, 4) is 5.75 Å². The molecule has 1 heterocycles. The average molecular weight is 430 g/mol. The minimum atomic E-state index is -3.59. The second-order valence-electron chi connectivity index (χ2n) is 7.85. The van der Waals surface area contributed by atoms with Crippen LogP contribution in [0, 0.1) is 6.92 Å². The molecule has 2 aromatic carbocycles. The normalized spacial score (nSPS) is 17.1. The number of sulfonamides is 1. The zero-order valence-electron chi connectivity index (χ0n) is 17.3. The van der Waals surface area contributed by atoms with Gasteiger partial charge in [-0.2, -0.15) is 0 Å². The maximum Gasteiger partial charge on any atom is 0.254 e. The Morgan fingerprint density at radius 3 is 2.47 bits per heavy atom. The van der Waals surface area contributed by atoms with Crippen molar-refractivity contribution in [1.29, 1.82) is 0 Å². The summed E-state index contributed by atoms with van der Waals surface area (Å²) in [4.78, 5) is 17.3. The van der Waals surface area contributed by atoms with E-state index in [-0.39, 0.29) is 16.8 Å². The van der Waals surface area contributed by atoms with Gasteiger partial charge in [-0.25, -0.2) is 13.1 Å². The minimum Gasteiger partial charge on any atom is -0.497 e. The van der Waals surface area contributed by atoms with E-state index in [1.165, 1.54) is 6.07 Å². The van der Waals surface area contributed by atoms with Crippen LogP contribution in [0.2, 0.25) is 0 Å². The molecule has 0 radical (unpaired) electrons. The fraction of sp³-hybridized carbons (Fsp3) is 0.409. The van der Waals surface area contributed by atoms with Gasteiger partial charge in [0.05, 0.1) is 12.0 Å².